The van der Waals surface area contributed by atoms with Gasteiger partial charge in [-0.2, -0.15) is 0 Å². The highest BCUT2D eigenvalue weighted by atomic mass is 32.1. The number of hydrogen-bond donors (Lipinski definition) is 0. The van der Waals surface area contributed by atoms with Gasteiger partial charge in [0.05, 0.1) is 15.9 Å². The van der Waals surface area contributed by atoms with Crippen LogP contribution in [-0.4, -0.2) is 14.9 Å². The average molecular weight is 294 g/mol. The summed E-state index contributed by atoms with van der Waals surface area (Å²) in [6.07, 6.45) is 1.92. The lowest BCUT2D eigenvalue weighted by Gasteiger charge is -2.02. The second kappa shape index (κ2) is 4.33. The second-order valence-electron chi connectivity index (χ2n) is 5.26. The molecule has 1 aromatic carbocycles. The number of thiophene rings is 1. The summed E-state index contributed by atoms with van der Waals surface area (Å²) < 4.78 is 5.14. The van der Waals surface area contributed by atoms with E-state index in [1.165, 1.54) is 0 Å². The fourth-order valence-electron chi connectivity index (χ4n) is 2.93. The van der Waals surface area contributed by atoms with Gasteiger partial charge < -0.3 is 9.13 Å². The Morgan fingerprint density at radius 3 is 2.71 bits per heavy atom. The molecule has 0 bridgehead atoms. The lowest BCUT2D eigenvalue weighted by molar-refractivity contribution is 0.103. The van der Waals surface area contributed by atoms with Gasteiger partial charge in [0.2, 0.25) is 5.78 Å². The summed E-state index contributed by atoms with van der Waals surface area (Å²) >= 11 is 1.67. The Hall–Kier alpha value is -2.33. The van der Waals surface area contributed by atoms with E-state index in [1.54, 1.807) is 11.3 Å². The van der Waals surface area contributed by atoms with Crippen molar-refractivity contribution in [2.75, 3.05) is 0 Å². The number of rotatable bonds is 2. The first-order valence-electron chi connectivity index (χ1n) is 6.78. The zero-order valence-corrected chi connectivity index (χ0v) is 12.6. The summed E-state index contributed by atoms with van der Waals surface area (Å²) in [6.45, 7) is 0. The van der Waals surface area contributed by atoms with Gasteiger partial charge in [0.25, 0.3) is 0 Å². The van der Waals surface area contributed by atoms with Gasteiger partial charge in [0, 0.05) is 36.8 Å². The van der Waals surface area contributed by atoms with Crippen molar-refractivity contribution >= 4 is 38.2 Å². The molecule has 0 saturated carbocycles. The van der Waals surface area contributed by atoms with Crippen molar-refractivity contribution in [2.45, 2.75) is 0 Å². The molecule has 0 aliphatic carbocycles. The zero-order valence-electron chi connectivity index (χ0n) is 11.8. The molecule has 3 heterocycles. The Morgan fingerprint density at radius 2 is 1.90 bits per heavy atom. The first-order valence-corrected chi connectivity index (χ1v) is 7.66. The maximum absolute atomic E-state index is 12.9. The Bertz CT molecular complexity index is 987. The van der Waals surface area contributed by atoms with E-state index in [0.717, 1.165) is 32.4 Å². The highest BCUT2D eigenvalue weighted by molar-refractivity contribution is 7.17. The number of aryl methyl sites for hydroxylation is 2. The lowest BCUT2D eigenvalue weighted by Crippen LogP contribution is -2.06. The molecule has 4 heteroatoms. The molecule has 0 radical (unpaired) electrons. The number of benzene rings is 1. The molecule has 0 saturated heterocycles. The summed E-state index contributed by atoms with van der Waals surface area (Å²) in [7, 11) is 3.93. The van der Waals surface area contributed by atoms with Crippen molar-refractivity contribution in [1.29, 1.82) is 0 Å². The van der Waals surface area contributed by atoms with Crippen LogP contribution in [0.1, 0.15) is 16.1 Å². The zero-order chi connectivity index (χ0) is 14.6. The summed E-state index contributed by atoms with van der Waals surface area (Å²) in [5.74, 6) is 0.0812. The first-order chi connectivity index (χ1) is 10.2. The van der Waals surface area contributed by atoms with Gasteiger partial charge in [0.1, 0.15) is 0 Å². The van der Waals surface area contributed by atoms with Crippen LogP contribution in [-0.2, 0) is 14.1 Å². The molecule has 0 atom stereocenters. The Labute approximate surface area is 126 Å². The molecule has 3 nitrogen and oxygen atoms in total. The number of fused-ring (bicyclic) bond motifs is 2. The number of hydrogen-bond acceptors (Lipinski definition) is 2. The van der Waals surface area contributed by atoms with Crippen molar-refractivity contribution < 1.29 is 4.79 Å². The third-order valence-corrected chi connectivity index (χ3v) is 4.89. The van der Waals surface area contributed by atoms with E-state index < -0.39 is 0 Å². The van der Waals surface area contributed by atoms with Gasteiger partial charge in [-0.3, -0.25) is 4.79 Å². The maximum atomic E-state index is 12.9. The molecule has 3 aromatic heterocycles. The predicted octanol–water partition coefficient (Wildman–Crippen LogP) is 3.96. The topological polar surface area (TPSA) is 26.9 Å². The van der Waals surface area contributed by atoms with E-state index in [-0.39, 0.29) is 5.78 Å². The third kappa shape index (κ3) is 1.69. The van der Waals surface area contributed by atoms with Gasteiger partial charge in [-0.1, -0.05) is 18.2 Å². The molecular formula is C17H14N2OS. The molecule has 21 heavy (non-hydrogen) atoms. The van der Waals surface area contributed by atoms with Crippen LogP contribution in [0.15, 0.2) is 48.0 Å². The molecule has 0 aliphatic rings. The summed E-state index contributed by atoms with van der Waals surface area (Å²) in [5, 5.41) is 3.06. The number of aromatic nitrogens is 2. The molecule has 4 rings (SSSR count). The van der Waals surface area contributed by atoms with Gasteiger partial charge >= 0.3 is 0 Å². The molecule has 0 fully saturated rings. The van der Waals surface area contributed by atoms with Crippen molar-refractivity contribution in [2.24, 2.45) is 14.1 Å². The van der Waals surface area contributed by atoms with E-state index in [0.29, 0.717) is 0 Å². The van der Waals surface area contributed by atoms with Crippen LogP contribution >= 0.6 is 11.3 Å². The number of carbonyl (C=O) groups excluding carboxylic acids is 1. The quantitative estimate of drug-likeness (QED) is 0.514. The predicted molar refractivity (Wildman–Crippen MR) is 87.1 cm³/mol. The molecule has 104 valence electrons. The fraction of sp³-hybridized carbons (Fsp3) is 0.118. The minimum atomic E-state index is 0.0812. The lowest BCUT2D eigenvalue weighted by atomic mass is 10.1. The highest BCUT2D eigenvalue weighted by Crippen LogP contribution is 2.28. The largest absolute Gasteiger partial charge is 0.350 e. The molecule has 0 spiro atoms. The van der Waals surface area contributed by atoms with Crippen molar-refractivity contribution in [3.63, 3.8) is 0 Å². The highest BCUT2D eigenvalue weighted by Gasteiger charge is 2.19. The third-order valence-electron chi connectivity index (χ3n) is 4.04. The second-order valence-corrected chi connectivity index (χ2v) is 6.21. The van der Waals surface area contributed by atoms with Gasteiger partial charge in [0.15, 0.2) is 0 Å². The van der Waals surface area contributed by atoms with Crippen molar-refractivity contribution in [1.82, 2.24) is 9.13 Å². The Morgan fingerprint density at radius 1 is 1.10 bits per heavy atom. The minimum Gasteiger partial charge on any atom is -0.350 e. The van der Waals surface area contributed by atoms with E-state index in [4.69, 9.17) is 0 Å². The van der Waals surface area contributed by atoms with Crippen LogP contribution < -0.4 is 0 Å². The van der Waals surface area contributed by atoms with Crippen LogP contribution in [0.3, 0.4) is 0 Å². The molecular weight excluding hydrogens is 280 g/mol. The van der Waals surface area contributed by atoms with Gasteiger partial charge in [-0.15, -0.1) is 11.3 Å². The van der Waals surface area contributed by atoms with E-state index in [2.05, 4.69) is 11.4 Å². The molecule has 4 aromatic rings. The van der Waals surface area contributed by atoms with Crippen LogP contribution in [0.25, 0.3) is 21.1 Å². The maximum Gasteiger partial charge on any atom is 0.211 e. The van der Waals surface area contributed by atoms with Crippen molar-refractivity contribution in [3.05, 3.63) is 59.2 Å². The van der Waals surface area contributed by atoms with E-state index in [9.17, 15) is 4.79 Å². The van der Waals surface area contributed by atoms with Crippen molar-refractivity contribution in [3.8, 4) is 0 Å². The van der Waals surface area contributed by atoms with Crippen LogP contribution in [0.5, 0.6) is 0 Å². The van der Waals surface area contributed by atoms with E-state index >= 15 is 0 Å². The monoisotopic (exact) mass is 294 g/mol. The molecule has 0 unspecified atom stereocenters. The smallest absolute Gasteiger partial charge is 0.211 e. The number of para-hydroxylation sites is 1. The normalized spacial score (nSPS) is 11.5. The number of nitrogens with zero attached hydrogens (tertiary/aromatic N) is 2. The summed E-state index contributed by atoms with van der Waals surface area (Å²) in [5.41, 5.74) is 3.70. The summed E-state index contributed by atoms with van der Waals surface area (Å²) in [6, 6.07) is 12.1. The average Bonchev–Trinajstić information content (AvgIpc) is 3.15. The molecule has 0 aliphatic heterocycles. The van der Waals surface area contributed by atoms with Gasteiger partial charge in [-0.05, 0) is 23.6 Å². The fourth-order valence-corrected chi connectivity index (χ4v) is 3.78. The number of ketones is 1. The summed E-state index contributed by atoms with van der Waals surface area (Å²) in [4.78, 5) is 12.9. The first kappa shape index (κ1) is 12.4. The van der Waals surface area contributed by atoms with Gasteiger partial charge in [-0.25, -0.2) is 0 Å². The minimum absolute atomic E-state index is 0.0812. The van der Waals surface area contributed by atoms with Crippen LogP contribution in [0.2, 0.25) is 0 Å². The standard InChI is InChI=1S/C17H14N2OS/c1-18-10-12(11-5-3-4-6-13(11)18)17(20)15-9-16-14(19(15)2)7-8-21-16/h3-10H,1-2H3. The SMILES string of the molecule is Cn1cc(C(=O)c2cc3sccc3n2C)c2ccccc21. The number of carbonyl (C=O) groups is 1. The molecule has 0 amide bonds. The van der Waals surface area contributed by atoms with Crippen LogP contribution in [0.4, 0.5) is 0 Å². The van der Waals surface area contributed by atoms with Crippen LogP contribution in [0, 0.1) is 0 Å². The van der Waals surface area contributed by atoms with E-state index in [1.807, 2.05) is 59.8 Å². The Kier molecular flexibility index (Phi) is 2.56. The molecule has 0 N–H and O–H groups in total. The Balaban J connectivity index is 1.94.